The van der Waals surface area contributed by atoms with Crippen molar-refractivity contribution in [2.45, 2.75) is 30.3 Å². The highest BCUT2D eigenvalue weighted by Gasteiger charge is 2.21. The maximum atomic E-state index is 12.8. The number of rotatable bonds is 6. The molecule has 0 saturated heterocycles. The van der Waals surface area contributed by atoms with Crippen molar-refractivity contribution >= 4 is 28.6 Å². The fourth-order valence-corrected chi connectivity index (χ4v) is 5.25. The quantitative estimate of drug-likeness (QED) is 0.353. The zero-order chi connectivity index (χ0) is 22.6. The van der Waals surface area contributed by atoms with Crippen LogP contribution in [0.2, 0.25) is 0 Å². The van der Waals surface area contributed by atoms with E-state index in [-0.39, 0.29) is 11.9 Å². The monoisotopic (exact) mass is 454 g/mol. The zero-order valence-corrected chi connectivity index (χ0v) is 19.4. The summed E-state index contributed by atoms with van der Waals surface area (Å²) in [6.07, 6.45) is 3.17. The highest BCUT2D eigenvalue weighted by Crippen LogP contribution is 2.34. The van der Waals surface area contributed by atoms with Gasteiger partial charge in [0.2, 0.25) is 5.91 Å². The number of carbonyl (C=O) groups is 1. The number of ether oxygens (including phenoxy) is 1. The predicted octanol–water partition coefficient (Wildman–Crippen LogP) is 6.20. The van der Waals surface area contributed by atoms with Gasteiger partial charge >= 0.3 is 0 Å². The normalized spacial score (nSPS) is 15.1. The Morgan fingerprint density at radius 1 is 1.06 bits per heavy atom. The molecule has 1 aliphatic rings. The van der Waals surface area contributed by atoms with Crippen LogP contribution in [0.25, 0.3) is 22.0 Å². The van der Waals surface area contributed by atoms with Gasteiger partial charge in [-0.15, -0.1) is 0 Å². The molecule has 0 spiro atoms. The van der Waals surface area contributed by atoms with Crippen molar-refractivity contribution in [2.24, 2.45) is 0 Å². The van der Waals surface area contributed by atoms with Crippen LogP contribution in [0.15, 0.2) is 83.9 Å². The molecule has 1 atom stereocenters. The fraction of sp³-hybridized carbons (Fsp3) is 0.214. The highest BCUT2D eigenvalue weighted by atomic mass is 32.2. The van der Waals surface area contributed by atoms with Gasteiger partial charge in [0.05, 0.1) is 29.4 Å². The lowest BCUT2D eigenvalue weighted by Crippen LogP contribution is -2.32. The van der Waals surface area contributed by atoms with E-state index >= 15 is 0 Å². The summed E-state index contributed by atoms with van der Waals surface area (Å²) in [5, 5.41) is 5.13. The van der Waals surface area contributed by atoms with Crippen molar-refractivity contribution in [2.75, 3.05) is 12.9 Å². The van der Waals surface area contributed by atoms with Crippen LogP contribution in [-0.4, -0.2) is 23.8 Å². The molecule has 0 unspecified atom stereocenters. The third-order valence-corrected chi connectivity index (χ3v) is 7.05. The number of carbonyl (C=O) groups excluding carboxylic acids is 1. The van der Waals surface area contributed by atoms with Gasteiger partial charge < -0.3 is 10.1 Å². The van der Waals surface area contributed by atoms with Crippen molar-refractivity contribution < 1.29 is 9.53 Å². The predicted molar refractivity (Wildman–Crippen MR) is 135 cm³/mol. The number of amides is 1. The summed E-state index contributed by atoms with van der Waals surface area (Å²) in [5.74, 6) is 1.13. The Hall–Kier alpha value is -3.31. The minimum atomic E-state index is 0.0375. The van der Waals surface area contributed by atoms with Gasteiger partial charge in [-0.25, -0.2) is 4.98 Å². The second-order valence-corrected chi connectivity index (χ2v) is 9.25. The summed E-state index contributed by atoms with van der Waals surface area (Å²) in [5.41, 5.74) is 5.69. The van der Waals surface area contributed by atoms with Crippen molar-refractivity contribution in [1.29, 1.82) is 0 Å². The van der Waals surface area contributed by atoms with Crippen LogP contribution in [0.4, 0.5) is 0 Å². The number of methoxy groups -OCH3 is 1. The largest absolute Gasteiger partial charge is 0.497 e. The third kappa shape index (κ3) is 4.74. The second-order valence-electron chi connectivity index (χ2n) is 8.26. The molecule has 166 valence electrons. The maximum absolute atomic E-state index is 12.8. The second kappa shape index (κ2) is 9.67. The summed E-state index contributed by atoms with van der Waals surface area (Å²) >= 11 is 1.47. The van der Waals surface area contributed by atoms with E-state index in [0.29, 0.717) is 5.75 Å². The Morgan fingerprint density at radius 3 is 2.73 bits per heavy atom. The van der Waals surface area contributed by atoms with Crippen molar-refractivity contribution in [3.05, 3.63) is 90.0 Å². The standard InChI is InChI=1S/C28H26N2O2S/c1-32-21-14-15-23-24(20-8-3-2-4-9-20)17-28(30-26(23)16-21)33-18-27(31)29-25-13-7-11-19-10-5-6-12-22(19)25/h2-6,8-10,12,14-17,25H,7,11,13,18H2,1H3,(H,29,31)/t25-/m0/s1. The van der Waals surface area contributed by atoms with E-state index in [0.717, 1.165) is 52.1 Å². The van der Waals surface area contributed by atoms with Crippen LogP contribution in [0.3, 0.4) is 0 Å². The van der Waals surface area contributed by atoms with E-state index in [9.17, 15) is 4.79 Å². The van der Waals surface area contributed by atoms with E-state index in [2.05, 4.69) is 47.8 Å². The van der Waals surface area contributed by atoms with Crippen LogP contribution < -0.4 is 10.1 Å². The number of thioether (sulfide) groups is 1. The number of benzene rings is 3. The van der Waals surface area contributed by atoms with Crippen LogP contribution in [0, 0.1) is 0 Å². The van der Waals surface area contributed by atoms with Crippen LogP contribution in [0.1, 0.15) is 30.0 Å². The van der Waals surface area contributed by atoms with Crippen LogP contribution in [0.5, 0.6) is 5.75 Å². The lowest BCUT2D eigenvalue weighted by Gasteiger charge is -2.26. The lowest BCUT2D eigenvalue weighted by atomic mass is 9.88. The van der Waals surface area contributed by atoms with E-state index in [4.69, 9.17) is 9.72 Å². The Morgan fingerprint density at radius 2 is 1.88 bits per heavy atom. The van der Waals surface area contributed by atoms with Crippen molar-refractivity contribution in [3.8, 4) is 16.9 Å². The first-order chi connectivity index (χ1) is 16.2. The minimum absolute atomic E-state index is 0.0375. The average molecular weight is 455 g/mol. The highest BCUT2D eigenvalue weighted by molar-refractivity contribution is 7.99. The van der Waals surface area contributed by atoms with Gasteiger partial charge in [0.25, 0.3) is 0 Å². The molecule has 4 aromatic rings. The first-order valence-corrected chi connectivity index (χ1v) is 12.2. The molecule has 0 radical (unpaired) electrons. The molecule has 4 nitrogen and oxygen atoms in total. The Labute approximate surface area is 198 Å². The number of nitrogens with zero attached hydrogens (tertiary/aromatic N) is 1. The van der Waals surface area contributed by atoms with Crippen LogP contribution >= 0.6 is 11.8 Å². The molecule has 1 aliphatic carbocycles. The maximum Gasteiger partial charge on any atom is 0.230 e. The molecule has 0 bridgehead atoms. The summed E-state index contributed by atoms with van der Waals surface area (Å²) in [6.45, 7) is 0. The number of nitrogens with one attached hydrogen (secondary N) is 1. The smallest absolute Gasteiger partial charge is 0.230 e. The van der Waals surface area contributed by atoms with Crippen LogP contribution in [-0.2, 0) is 11.2 Å². The topological polar surface area (TPSA) is 51.2 Å². The number of aryl methyl sites for hydroxylation is 1. The summed E-state index contributed by atoms with van der Waals surface area (Å²) in [7, 11) is 1.66. The summed E-state index contributed by atoms with van der Waals surface area (Å²) in [6, 6.07) is 26.8. The number of aromatic nitrogens is 1. The molecule has 1 heterocycles. The van der Waals surface area contributed by atoms with E-state index in [1.165, 1.54) is 22.9 Å². The van der Waals surface area contributed by atoms with E-state index < -0.39 is 0 Å². The molecule has 33 heavy (non-hydrogen) atoms. The van der Waals surface area contributed by atoms with Crippen molar-refractivity contribution in [3.63, 3.8) is 0 Å². The molecule has 0 fully saturated rings. The third-order valence-electron chi connectivity index (χ3n) is 6.13. The van der Waals surface area contributed by atoms with E-state index in [1.54, 1.807) is 7.11 Å². The number of fused-ring (bicyclic) bond motifs is 2. The molecule has 1 aromatic heterocycles. The molecule has 0 saturated carbocycles. The van der Waals surface area contributed by atoms with E-state index in [1.807, 2.05) is 36.4 Å². The van der Waals surface area contributed by atoms with Gasteiger partial charge in [0.15, 0.2) is 0 Å². The lowest BCUT2D eigenvalue weighted by molar-refractivity contribution is -0.119. The molecule has 1 N–H and O–H groups in total. The molecular weight excluding hydrogens is 428 g/mol. The molecule has 0 aliphatic heterocycles. The van der Waals surface area contributed by atoms with Crippen molar-refractivity contribution in [1.82, 2.24) is 10.3 Å². The number of hydrogen-bond acceptors (Lipinski definition) is 4. The Kier molecular flexibility index (Phi) is 6.31. The van der Waals surface area contributed by atoms with Gasteiger partial charge in [0.1, 0.15) is 5.75 Å². The Bertz CT molecular complexity index is 1290. The summed E-state index contributed by atoms with van der Waals surface area (Å²) < 4.78 is 5.41. The number of hydrogen-bond donors (Lipinski definition) is 1. The Balaban J connectivity index is 1.37. The van der Waals surface area contributed by atoms with Gasteiger partial charge in [-0.2, -0.15) is 0 Å². The van der Waals surface area contributed by atoms with Gasteiger partial charge in [0, 0.05) is 11.5 Å². The summed E-state index contributed by atoms with van der Waals surface area (Å²) in [4.78, 5) is 17.7. The first kappa shape index (κ1) is 21.5. The van der Waals surface area contributed by atoms with Gasteiger partial charge in [-0.1, -0.05) is 66.4 Å². The zero-order valence-electron chi connectivity index (χ0n) is 18.6. The molecular formula is C28H26N2O2S. The fourth-order valence-electron chi connectivity index (χ4n) is 4.52. The molecule has 5 heteroatoms. The molecule has 1 amide bonds. The van der Waals surface area contributed by atoms with Gasteiger partial charge in [-0.05, 0) is 59.7 Å². The first-order valence-electron chi connectivity index (χ1n) is 11.3. The minimum Gasteiger partial charge on any atom is -0.497 e. The molecule has 3 aromatic carbocycles. The SMILES string of the molecule is COc1ccc2c(-c3ccccc3)cc(SCC(=O)N[C@H]3CCCc4ccccc43)nc2c1. The average Bonchev–Trinajstić information content (AvgIpc) is 2.87. The number of pyridine rings is 1. The molecule has 5 rings (SSSR count). The van der Waals surface area contributed by atoms with Gasteiger partial charge in [-0.3, -0.25) is 4.79 Å².